The van der Waals surface area contributed by atoms with Crippen LogP contribution in [0.1, 0.15) is 5.56 Å². The quantitative estimate of drug-likeness (QED) is 0.777. The van der Waals surface area contributed by atoms with Crippen LogP contribution in [0.3, 0.4) is 0 Å². The fourth-order valence-electron chi connectivity index (χ4n) is 2.09. The minimum absolute atomic E-state index is 0.859. The standard InChI is InChI=1S/C16H14N2/c1-3-8-14(9-4-1)16-17-12-7-13-18(16)15-10-5-2-6-11-15/h1-12H,13H2. The second kappa shape index (κ2) is 4.88. The third kappa shape index (κ3) is 2.05. The average molecular weight is 234 g/mol. The molecule has 0 atom stereocenters. The van der Waals surface area contributed by atoms with Gasteiger partial charge in [-0.15, -0.1) is 0 Å². The van der Waals surface area contributed by atoms with Crippen LogP contribution < -0.4 is 4.90 Å². The van der Waals surface area contributed by atoms with E-state index in [1.165, 1.54) is 5.69 Å². The van der Waals surface area contributed by atoms with Crippen molar-refractivity contribution in [3.05, 3.63) is 78.5 Å². The van der Waals surface area contributed by atoms with Crippen LogP contribution in [-0.2, 0) is 0 Å². The molecule has 1 aliphatic heterocycles. The summed E-state index contributed by atoms with van der Waals surface area (Å²) in [6, 6.07) is 20.6. The van der Waals surface area contributed by atoms with Crippen molar-refractivity contribution < 1.29 is 0 Å². The predicted molar refractivity (Wildman–Crippen MR) is 75.9 cm³/mol. The van der Waals surface area contributed by atoms with E-state index in [1.807, 2.05) is 30.5 Å². The van der Waals surface area contributed by atoms with Gasteiger partial charge in [0.25, 0.3) is 0 Å². The highest BCUT2D eigenvalue weighted by Crippen LogP contribution is 2.19. The molecular formula is C16H14N2. The van der Waals surface area contributed by atoms with Gasteiger partial charge >= 0.3 is 0 Å². The summed E-state index contributed by atoms with van der Waals surface area (Å²) in [6.07, 6.45) is 3.95. The van der Waals surface area contributed by atoms with E-state index in [4.69, 9.17) is 0 Å². The number of para-hydroxylation sites is 1. The van der Waals surface area contributed by atoms with Crippen LogP contribution in [0.5, 0.6) is 0 Å². The molecule has 2 heteroatoms. The van der Waals surface area contributed by atoms with E-state index in [1.54, 1.807) is 0 Å². The molecule has 0 aromatic heterocycles. The molecule has 0 radical (unpaired) electrons. The normalized spacial score (nSPS) is 14.4. The van der Waals surface area contributed by atoms with Crippen LogP contribution in [0.2, 0.25) is 0 Å². The van der Waals surface area contributed by atoms with Crippen molar-refractivity contribution in [2.45, 2.75) is 0 Å². The highest BCUT2D eigenvalue weighted by molar-refractivity contribution is 6.10. The van der Waals surface area contributed by atoms with Crippen molar-refractivity contribution in [2.24, 2.45) is 4.99 Å². The number of benzene rings is 2. The third-order valence-corrected chi connectivity index (χ3v) is 2.95. The fraction of sp³-hybridized carbons (Fsp3) is 0.0625. The van der Waals surface area contributed by atoms with E-state index in [0.29, 0.717) is 0 Å². The van der Waals surface area contributed by atoms with Gasteiger partial charge in [0.05, 0.1) is 0 Å². The minimum Gasteiger partial charge on any atom is -0.322 e. The van der Waals surface area contributed by atoms with Crippen molar-refractivity contribution in [3.63, 3.8) is 0 Å². The Labute approximate surface area is 107 Å². The van der Waals surface area contributed by atoms with Gasteiger partial charge in [0.15, 0.2) is 0 Å². The number of hydrogen-bond acceptors (Lipinski definition) is 2. The molecule has 0 saturated carbocycles. The van der Waals surface area contributed by atoms with Crippen molar-refractivity contribution in [1.82, 2.24) is 0 Å². The molecule has 88 valence electrons. The first kappa shape index (κ1) is 10.8. The molecule has 18 heavy (non-hydrogen) atoms. The van der Waals surface area contributed by atoms with Gasteiger partial charge in [0, 0.05) is 24.0 Å². The molecule has 0 bridgehead atoms. The fourth-order valence-corrected chi connectivity index (χ4v) is 2.09. The summed E-state index contributed by atoms with van der Waals surface area (Å²) in [5.74, 6) is 1.00. The summed E-state index contributed by atoms with van der Waals surface area (Å²) >= 11 is 0. The molecule has 0 unspecified atom stereocenters. The smallest absolute Gasteiger partial charge is 0.140 e. The number of rotatable bonds is 2. The molecule has 0 spiro atoms. The highest BCUT2D eigenvalue weighted by atomic mass is 15.2. The van der Waals surface area contributed by atoms with Gasteiger partial charge in [-0.2, -0.15) is 0 Å². The Morgan fingerprint density at radius 3 is 2.22 bits per heavy atom. The molecule has 0 amide bonds. The highest BCUT2D eigenvalue weighted by Gasteiger charge is 2.15. The van der Waals surface area contributed by atoms with E-state index in [0.717, 1.165) is 17.9 Å². The number of hydrogen-bond donors (Lipinski definition) is 0. The van der Waals surface area contributed by atoms with E-state index in [-0.39, 0.29) is 0 Å². The summed E-state index contributed by atoms with van der Waals surface area (Å²) in [5, 5.41) is 0. The van der Waals surface area contributed by atoms with Crippen LogP contribution >= 0.6 is 0 Å². The van der Waals surface area contributed by atoms with Crippen LogP contribution in [-0.4, -0.2) is 12.4 Å². The topological polar surface area (TPSA) is 15.6 Å². The summed E-state index contributed by atoms with van der Waals surface area (Å²) in [7, 11) is 0. The third-order valence-electron chi connectivity index (χ3n) is 2.95. The Bertz CT molecular complexity index is 571. The molecule has 0 aliphatic carbocycles. The number of nitrogens with zero attached hydrogens (tertiary/aromatic N) is 2. The van der Waals surface area contributed by atoms with E-state index in [9.17, 15) is 0 Å². The van der Waals surface area contributed by atoms with Crippen LogP contribution in [0.25, 0.3) is 0 Å². The summed E-state index contributed by atoms with van der Waals surface area (Å²) < 4.78 is 0. The maximum atomic E-state index is 4.52. The van der Waals surface area contributed by atoms with Crippen LogP contribution in [0.15, 0.2) is 77.9 Å². The molecule has 1 heterocycles. The van der Waals surface area contributed by atoms with Gasteiger partial charge < -0.3 is 4.90 Å². The maximum absolute atomic E-state index is 4.52. The summed E-state index contributed by atoms with van der Waals surface area (Å²) in [5.41, 5.74) is 2.31. The Morgan fingerprint density at radius 1 is 0.833 bits per heavy atom. The van der Waals surface area contributed by atoms with E-state index >= 15 is 0 Å². The molecular weight excluding hydrogens is 220 g/mol. The Hall–Kier alpha value is -2.35. The second-order valence-corrected chi connectivity index (χ2v) is 4.15. The zero-order valence-electron chi connectivity index (χ0n) is 10.0. The van der Waals surface area contributed by atoms with Crippen molar-refractivity contribution in [3.8, 4) is 0 Å². The lowest BCUT2D eigenvalue weighted by molar-refractivity contribution is 1.10. The van der Waals surface area contributed by atoms with Gasteiger partial charge in [-0.1, -0.05) is 48.5 Å². The lowest BCUT2D eigenvalue weighted by atomic mass is 10.1. The zero-order chi connectivity index (χ0) is 12.2. The molecule has 2 aromatic carbocycles. The first-order chi connectivity index (χ1) is 8.95. The van der Waals surface area contributed by atoms with Crippen molar-refractivity contribution in [2.75, 3.05) is 11.4 Å². The Kier molecular flexibility index (Phi) is 2.92. The molecule has 0 saturated heterocycles. The molecule has 3 rings (SSSR count). The first-order valence-corrected chi connectivity index (χ1v) is 6.06. The Balaban J connectivity index is 2.01. The second-order valence-electron chi connectivity index (χ2n) is 4.15. The first-order valence-electron chi connectivity index (χ1n) is 6.06. The van der Waals surface area contributed by atoms with Crippen molar-refractivity contribution >= 4 is 11.5 Å². The summed E-state index contributed by atoms with van der Waals surface area (Å²) in [6.45, 7) is 0.859. The predicted octanol–water partition coefficient (Wildman–Crippen LogP) is 3.47. The van der Waals surface area contributed by atoms with E-state index in [2.05, 4.69) is 52.4 Å². The monoisotopic (exact) mass is 234 g/mol. The number of anilines is 1. The van der Waals surface area contributed by atoms with Crippen molar-refractivity contribution in [1.29, 1.82) is 0 Å². The molecule has 2 nitrogen and oxygen atoms in total. The zero-order valence-corrected chi connectivity index (χ0v) is 10.0. The van der Waals surface area contributed by atoms with Gasteiger partial charge in [-0.25, -0.2) is 4.99 Å². The molecule has 2 aromatic rings. The van der Waals surface area contributed by atoms with Gasteiger partial charge in [-0.05, 0) is 18.2 Å². The lowest BCUT2D eigenvalue weighted by Gasteiger charge is -2.27. The van der Waals surface area contributed by atoms with Crippen LogP contribution in [0.4, 0.5) is 5.69 Å². The largest absolute Gasteiger partial charge is 0.322 e. The van der Waals surface area contributed by atoms with Gasteiger partial charge in [0.1, 0.15) is 5.84 Å². The lowest BCUT2D eigenvalue weighted by Crippen LogP contribution is -2.33. The number of aliphatic imine (C=N–C) groups is 1. The van der Waals surface area contributed by atoms with E-state index < -0.39 is 0 Å². The molecule has 1 aliphatic rings. The SMILES string of the molecule is C1=CN=C(c2ccccc2)N(c2ccccc2)C1. The average Bonchev–Trinajstić information content (AvgIpc) is 2.49. The van der Waals surface area contributed by atoms with Gasteiger partial charge in [-0.3, -0.25) is 0 Å². The Morgan fingerprint density at radius 2 is 1.50 bits per heavy atom. The van der Waals surface area contributed by atoms with Crippen LogP contribution in [0, 0.1) is 0 Å². The molecule has 0 fully saturated rings. The van der Waals surface area contributed by atoms with Gasteiger partial charge in [0.2, 0.25) is 0 Å². The minimum atomic E-state index is 0.859. The molecule has 0 N–H and O–H groups in total. The maximum Gasteiger partial charge on any atom is 0.140 e. The number of amidine groups is 1. The summed E-state index contributed by atoms with van der Waals surface area (Å²) in [4.78, 5) is 6.74.